The molecule has 0 unspecified atom stereocenters. The minimum Gasteiger partial charge on any atom is -0.493 e. The molecule has 0 atom stereocenters. The fourth-order valence-corrected chi connectivity index (χ4v) is 3.39. The summed E-state index contributed by atoms with van der Waals surface area (Å²) < 4.78 is 10.5. The Morgan fingerprint density at radius 2 is 1.76 bits per heavy atom. The number of anilines is 1. The summed E-state index contributed by atoms with van der Waals surface area (Å²) in [4.78, 5) is 14.5. The van der Waals surface area contributed by atoms with Crippen molar-refractivity contribution in [3.63, 3.8) is 0 Å². The van der Waals surface area contributed by atoms with E-state index in [-0.39, 0.29) is 11.1 Å². The van der Waals surface area contributed by atoms with Gasteiger partial charge in [-0.2, -0.15) is 0 Å². The number of nitrogens with one attached hydrogen (secondary N) is 1. The molecule has 3 rings (SSSR count). The van der Waals surface area contributed by atoms with Gasteiger partial charge >= 0.3 is 0 Å². The molecule has 0 aliphatic carbocycles. The lowest BCUT2D eigenvalue weighted by Crippen LogP contribution is -2.27. The summed E-state index contributed by atoms with van der Waals surface area (Å²) in [6.07, 6.45) is 1.74. The minimum absolute atomic E-state index is 0.152. The van der Waals surface area contributed by atoms with Crippen molar-refractivity contribution in [1.82, 2.24) is 0 Å². The molecule has 1 heterocycles. The van der Waals surface area contributed by atoms with Gasteiger partial charge in [0.1, 0.15) is 0 Å². The van der Waals surface area contributed by atoms with E-state index in [1.165, 1.54) is 4.90 Å². The highest BCUT2D eigenvalue weighted by Gasteiger charge is 2.33. The van der Waals surface area contributed by atoms with E-state index >= 15 is 0 Å². The molecule has 1 saturated heterocycles. The number of thioether (sulfide) groups is 1. The molecule has 1 aliphatic rings. The molecular formula is C18H15ClN2O3S. The van der Waals surface area contributed by atoms with Crippen LogP contribution < -0.4 is 14.4 Å². The number of benzene rings is 2. The molecule has 1 aliphatic heterocycles. The summed E-state index contributed by atoms with van der Waals surface area (Å²) in [5.41, 5.74) is 1.40. The van der Waals surface area contributed by atoms with Crippen molar-refractivity contribution in [1.29, 1.82) is 5.41 Å². The molecule has 1 amide bonds. The molecule has 1 N–H and O–H groups in total. The van der Waals surface area contributed by atoms with Crippen molar-refractivity contribution in [2.24, 2.45) is 0 Å². The lowest BCUT2D eigenvalue weighted by atomic mass is 10.2. The van der Waals surface area contributed by atoms with E-state index in [1.54, 1.807) is 56.7 Å². The molecule has 0 aromatic heterocycles. The first-order valence-corrected chi connectivity index (χ1v) is 8.53. The number of hydrogen-bond acceptors (Lipinski definition) is 5. The molecule has 2 aromatic rings. The maximum absolute atomic E-state index is 12.7. The molecule has 2 aromatic carbocycles. The molecule has 0 saturated carbocycles. The van der Waals surface area contributed by atoms with Gasteiger partial charge in [-0.15, -0.1) is 0 Å². The predicted octanol–water partition coefficient (Wildman–Crippen LogP) is 4.41. The van der Waals surface area contributed by atoms with Crippen molar-refractivity contribution < 1.29 is 14.3 Å². The fraction of sp³-hybridized carbons (Fsp3) is 0.111. The highest BCUT2D eigenvalue weighted by atomic mass is 35.5. The molecule has 25 heavy (non-hydrogen) atoms. The van der Waals surface area contributed by atoms with Gasteiger partial charge in [0.15, 0.2) is 16.7 Å². The molecule has 0 spiro atoms. The summed E-state index contributed by atoms with van der Waals surface area (Å²) in [6.45, 7) is 0. The first-order valence-electron chi connectivity index (χ1n) is 7.33. The Morgan fingerprint density at radius 1 is 1.08 bits per heavy atom. The summed E-state index contributed by atoms with van der Waals surface area (Å²) in [7, 11) is 3.12. The third-order valence-electron chi connectivity index (χ3n) is 3.61. The first-order chi connectivity index (χ1) is 12.0. The Bertz CT molecular complexity index is 865. The summed E-state index contributed by atoms with van der Waals surface area (Å²) in [6, 6.07) is 12.2. The monoisotopic (exact) mass is 374 g/mol. The van der Waals surface area contributed by atoms with Crippen molar-refractivity contribution in [3.05, 3.63) is 58.0 Å². The average Bonchev–Trinajstić information content (AvgIpc) is 2.89. The number of rotatable bonds is 4. The maximum atomic E-state index is 12.7. The number of nitrogens with zero attached hydrogens (tertiary/aromatic N) is 1. The van der Waals surface area contributed by atoms with Gasteiger partial charge in [-0.3, -0.25) is 15.1 Å². The molecule has 1 fully saturated rings. The molecular weight excluding hydrogens is 360 g/mol. The number of carbonyl (C=O) groups is 1. The number of ether oxygens (including phenoxy) is 2. The van der Waals surface area contributed by atoms with Gasteiger partial charge in [0.25, 0.3) is 5.91 Å². The molecule has 0 radical (unpaired) electrons. The Morgan fingerprint density at radius 3 is 2.40 bits per heavy atom. The van der Waals surface area contributed by atoms with Gasteiger partial charge in [-0.05, 0) is 59.8 Å². The number of amidine groups is 1. The van der Waals surface area contributed by atoms with E-state index in [1.807, 2.05) is 6.07 Å². The molecule has 128 valence electrons. The second kappa shape index (κ2) is 7.21. The van der Waals surface area contributed by atoms with Crippen molar-refractivity contribution >= 4 is 46.2 Å². The lowest BCUT2D eigenvalue weighted by Gasteiger charge is -2.14. The Balaban J connectivity index is 1.91. The predicted molar refractivity (Wildman–Crippen MR) is 102 cm³/mol. The van der Waals surface area contributed by atoms with Crippen molar-refractivity contribution in [2.75, 3.05) is 19.1 Å². The van der Waals surface area contributed by atoms with Gasteiger partial charge in [0.05, 0.1) is 24.8 Å². The van der Waals surface area contributed by atoms with Gasteiger partial charge in [0, 0.05) is 5.02 Å². The Kier molecular flexibility index (Phi) is 5.01. The normalized spacial score (nSPS) is 15.8. The van der Waals surface area contributed by atoms with Crippen LogP contribution in [0.4, 0.5) is 5.69 Å². The van der Waals surface area contributed by atoms with E-state index in [2.05, 4.69) is 0 Å². The van der Waals surface area contributed by atoms with Crippen LogP contribution in [-0.4, -0.2) is 25.3 Å². The fourth-order valence-electron chi connectivity index (χ4n) is 2.41. The molecule has 5 nitrogen and oxygen atoms in total. The number of carbonyl (C=O) groups excluding carboxylic acids is 1. The van der Waals surface area contributed by atoms with Gasteiger partial charge in [-0.1, -0.05) is 17.7 Å². The van der Waals surface area contributed by atoms with E-state index in [4.69, 9.17) is 26.5 Å². The second-order valence-corrected chi connectivity index (χ2v) is 6.61. The highest BCUT2D eigenvalue weighted by Crippen LogP contribution is 2.36. The van der Waals surface area contributed by atoms with Crippen LogP contribution in [0, 0.1) is 5.41 Å². The zero-order valence-corrected chi connectivity index (χ0v) is 15.1. The van der Waals surface area contributed by atoms with Crippen LogP contribution in [0.25, 0.3) is 6.08 Å². The van der Waals surface area contributed by atoms with Crippen LogP contribution in [-0.2, 0) is 4.79 Å². The first kappa shape index (κ1) is 17.4. The average molecular weight is 375 g/mol. The Hall–Kier alpha value is -2.44. The highest BCUT2D eigenvalue weighted by molar-refractivity contribution is 8.19. The zero-order chi connectivity index (χ0) is 18.0. The van der Waals surface area contributed by atoms with Gasteiger partial charge < -0.3 is 9.47 Å². The zero-order valence-electron chi connectivity index (χ0n) is 13.6. The maximum Gasteiger partial charge on any atom is 0.271 e. The van der Waals surface area contributed by atoms with Crippen LogP contribution in [0.5, 0.6) is 11.5 Å². The van der Waals surface area contributed by atoms with Crippen LogP contribution in [0.2, 0.25) is 5.02 Å². The van der Waals surface area contributed by atoms with Crippen molar-refractivity contribution in [2.45, 2.75) is 0 Å². The number of hydrogen-bond donors (Lipinski definition) is 1. The smallest absolute Gasteiger partial charge is 0.271 e. The number of amides is 1. The van der Waals surface area contributed by atoms with Crippen LogP contribution in [0.15, 0.2) is 47.4 Å². The van der Waals surface area contributed by atoms with Crippen LogP contribution in [0.1, 0.15) is 5.56 Å². The van der Waals surface area contributed by atoms with E-state index < -0.39 is 0 Å². The quantitative estimate of drug-likeness (QED) is 0.805. The van der Waals surface area contributed by atoms with E-state index in [9.17, 15) is 4.79 Å². The SMILES string of the molecule is COc1ccc(/C=C2\SC(=N)N(c3ccc(Cl)cc3)C2=O)cc1OC. The molecule has 0 bridgehead atoms. The standard InChI is InChI=1S/C18H15ClN2O3S/c1-23-14-8-3-11(9-15(14)24-2)10-16-17(22)21(18(20)25-16)13-6-4-12(19)5-7-13/h3-10,20H,1-2H3/b16-10-,20-18?. The van der Waals surface area contributed by atoms with E-state index in [0.717, 1.165) is 17.3 Å². The van der Waals surface area contributed by atoms with Gasteiger partial charge in [-0.25, -0.2) is 0 Å². The Labute approximate surface area is 154 Å². The van der Waals surface area contributed by atoms with Gasteiger partial charge in [0.2, 0.25) is 0 Å². The summed E-state index contributed by atoms with van der Waals surface area (Å²) >= 11 is 7.00. The number of halogens is 1. The van der Waals surface area contributed by atoms with Crippen LogP contribution in [0.3, 0.4) is 0 Å². The third kappa shape index (κ3) is 3.50. The summed E-state index contributed by atoms with van der Waals surface area (Å²) in [5.74, 6) is 0.953. The lowest BCUT2D eigenvalue weighted by molar-refractivity contribution is -0.113. The minimum atomic E-state index is -0.243. The van der Waals surface area contributed by atoms with Crippen LogP contribution >= 0.6 is 23.4 Å². The summed E-state index contributed by atoms with van der Waals surface area (Å²) in [5, 5.41) is 8.85. The largest absolute Gasteiger partial charge is 0.493 e. The topological polar surface area (TPSA) is 62.6 Å². The number of methoxy groups -OCH3 is 2. The molecule has 7 heteroatoms. The second-order valence-electron chi connectivity index (χ2n) is 5.15. The third-order valence-corrected chi connectivity index (χ3v) is 4.75. The van der Waals surface area contributed by atoms with Crippen molar-refractivity contribution in [3.8, 4) is 11.5 Å². The van der Waals surface area contributed by atoms with E-state index in [0.29, 0.717) is 27.1 Å².